The van der Waals surface area contributed by atoms with Gasteiger partial charge in [0.1, 0.15) is 24.0 Å². The van der Waals surface area contributed by atoms with Gasteiger partial charge < -0.3 is 15.2 Å². The summed E-state index contributed by atoms with van der Waals surface area (Å²) >= 11 is 0. The Morgan fingerprint density at radius 1 is 1.19 bits per heavy atom. The number of aliphatic hydroxyl groups is 1. The molecule has 3 atom stereocenters. The first-order valence-electron chi connectivity index (χ1n) is 9.77. The first-order valence-corrected chi connectivity index (χ1v) is 9.77. The molecule has 1 saturated heterocycles. The second-order valence-electron chi connectivity index (χ2n) is 8.24. The van der Waals surface area contributed by atoms with E-state index in [2.05, 4.69) is 5.32 Å². The predicted molar refractivity (Wildman–Crippen MR) is 103 cm³/mol. The summed E-state index contributed by atoms with van der Waals surface area (Å²) in [6.07, 6.45) is 1.97. The molecule has 1 aliphatic heterocycles. The van der Waals surface area contributed by atoms with E-state index in [-0.39, 0.29) is 30.9 Å². The molecule has 3 amide bonds. The van der Waals surface area contributed by atoms with Crippen LogP contribution in [0.3, 0.4) is 0 Å². The Labute approximate surface area is 160 Å². The second kappa shape index (κ2) is 7.50. The van der Waals surface area contributed by atoms with Gasteiger partial charge in [0.15, 0.2) is 0 Å². The Hall–Kier alpha value is -2.08. The average Bonchev–Trinajstić information content (AvgIpc) is 2.83. The van der Waals surface area contributed by atoms with Gasteiger partial charge in [-0.15, -0.1) is 0 Å². The number of aryl methyl sites for hydroxylation is 2. The highest BCUT2D eigenvalue weighted by Gasteiger charge is 2.58. The van der Waals surface area contributed by atoms with Crippen molar-refractivity contribution in [3.8, 4) is 5.75 Å². The molecule has 3 rings (SSSR count). The summed E-state index contributed by atoms with van der Waals surface area (Å²) < 4.78 is 5.67. The molecule has 1 heterocycles. The van der Waals surface area contributed by atoms with Gasteiger partial charge in [-0.2, -0.15) is 0 Å². The number of nitrogens with one attached hydrogen (secondary N) is 1. The largest absolute Gasteiger partial charge is 0.491 e. The molecule has 0 bridgehead atoms. The molecule has 0 aromatic heterocycles. The number of aliphatic hydroxyl groups excluding tert-OH is 1. The van der Waals surface area contributed by atoms with Gasteiger partial charge in [0.05, 0.1) is 6.54 Å². The Balaban J connectivity index is 1.64. The summed E-state index contributed by atoms with van der Waals surface area (Å²) in [7, 11) is 0. The van der Waals surface area contributed by atoms with Crippen LogP contribution in [-0.2, 0) is 4.79 Å². The van der Waals surface area contributed by atoms with Crippen molar-refractivity contribution in [2.45, 2.75) is 58.6 Å². The second-order valence-corrected chi connectivity index (χ2v) is 8.24. The van der Waals surface area contributed by atoms with Crippen LogP contribution in [0.5, 0.6) is 5.75 Å². The Morgan fingerprint density at radius 3 is 2.37 bits per heavy atom. The maximum atomic E-state index is 13.1. The average molecular weight is 374 g/mol. The molecule has 1 aromatic rings. The number of nitrogens with zero attached hydrogens (tertiary/aromatic N) is 1. The first kappa shape index (κ1) is 19.7. The molecule has 0 radical (unpaired) electrons. The summed E-state index contributed by atoms with van der Waals surface area (Å²) in [6.45, 7) is 7.98. The number of carbonyl (C=O) groups excluding carboxylic acids is 2. The standard InChI is InChI=1S/C21H30N2O4/c1-13-8-14(2)10-18(9-13)27-12-17(24)11-23-19(25)21(22-20(23)26)15(3)6-5-7-16(21)4/h8-10,15-17,24H,5-7,11-12H2,1-4H3,(H,22,26). The van der Waals surface area contributed by atoms with E-state index in [1.54, 1.807) is 0 Å². The molecule has 148 valence electrons. The molecule has 3 unspecified atom stereocenters. The van der Waals surface area contributed by atoms with Crippen LogP contribution in [0, 0.1) is 25.7 Å². The zero-order chi connectivity index (χ0) is 19.8. The van der Waals surface area contributed by atoms with Gasteiger partial charge in [0, 0.05) is 0 Å². The van der Waals surface area contributed by atoms with E-state index in [0.717, 1.165) is 35.3 Å². The molecule has 1 aliphatic carbocycles. The van der Waals surface area contributed by atoms with Crippen molar-refractivity contribution in [3.63, 3.8) is 0 Å². The Bertz CT molecular complexity index is 703. The van der Waals surface area contributed by atoms with Crippen LogP contribution in [-0.4, -0.2) is 46.7 Å². The maximum absolute atomic E-state index is 13.1. The number of benzene rings is 1. The van der Waals surface area contributed by atoms with Gasteiger partial charge in [0.2, 0.25) is 0 Å². The van der Waals surface area contributed by atoms with Crippen LogP contribution < -0.4 is 10.1 Å². The molecule has 6 heteroatoms. The van der Waals surface area contributed by atoms with E-state index < -0.39 is 17.7 Å². The maximum Gasteiger partial charge on any atom is 0.325 e. The van der Waals surface area contributed by atoms with Crippen LogP contribution in [0.25, 0.3) is 0 Å². The van der Waals surface area contributed by atoms with Crippen molar-refractivity contribution < 1.29 is 19.4 Å². The smallest absolute Gasteiger partial charge is 0.325 e. The monoisotopic (exact) mass is 374 g/mol. The fraction of sp³-hybridized carbons (Fsp3) is 0.619. The summed E-state index contributed by atoms with van der Waals surface area (Å²) in [5.74, 6) is 0.644. The van der Waals surface area contributed by atoms with Crippen LogP contribution in [0.4, 0.5) is 4.79 Å². The minimum Gasteiger partial charge on any atom is -0.491 e. The third-order valence-corrected chi connectivity index (χ3v) is 6.02. The minimum atomic E-state index is -0.940. The molecular formula is C21H30N2O4. The topological polar surface area (TPSA) is 78.9 Å². The SMILES string of the molecule is Cc1cc(C)cc(OCC(O)CN2C(=O)NC3(C2=O)C(C)CCCC3C)c1. The number of amides is 3. The lowest BCUT2D eigenvalue weighted by atomic mass is 9.67. The Kier molecular flexibility index (Phi) is 5.47. The van der Waals surface area contributed by atoms with E-state index in [9.17, 15) is 14.7 Å². The van der Waals surface area contributed by atoms with Gasteiger partial charge in [0.25, 0.3) is 5.91 Å². The number of imide groups is 1. The van der Waals surface area contributed by atoms with Crippen LogP contribution in [0.15, 0.2) is 18.2 Å². The number of hydrogen-bond acceptors (Lipinski definition) is 4. The van der Waals surface area contributed by atoms with Crippen molar-refractivity contribution in [2.75, 3.05) is 13.2 Å². The molecule has 1 saturated carbocycles. The zero-order valence-corrected chi connectivity index (χ0v) is 16.6. The molecule has 1 aromatic carbocycles. The lowest BCUT2D eigenvalue weighted by Crippen LogP contribution is -2.59. The van der Waals surface area contributed by atoms with E-state index >= 15 is 0 Å². The number of rotatable bonds is 5. The number of carbonyl (C=O) groups is 2. The molecule has 2 N–H and O–H groups in total. The van der Waals surface area contributed by atoms with Crippen LogP contribution >= 0.6 is 0 Å². The summed E-state index contributed by atoms with van der Waals surface area (Å²) in [5, 5.41) is 13.3. The van der Waals surface area contributed by atoms with Crippen molar-refractivity contribution in [2.24, 2.45) is 11.8 Å². The molecule has 6 nitrogen and oxygen atoms in total. The number of hydrogen-bond donors (Lipinski definition) is 2. The normalized spacial score (nSPS) is 29.1. The fourth-order valence-electron chi connectivity index (χ4n) is 4.59. The lowest BCUT2D eigenvalue weighted by molar-refractivity contribution is -0.137. The van der Waals surface area contributed by atoms with Crippen LogP contribution in [0.2, 0.25) is 0 Å². The number of β-amino-alcohol motifs (C(OH)–C–C–N with tert-alkyl or cyclic N) is 1. The molecular weight excluding hydrogens is 344 g/mol. The fourth-order valence-corrected chi connectivity index (χ4v) is 4.59. The van der Waals surface area contributed by atoms with Crippen molar-refractivity contribution in [1.82, 2.24) is 10.2 Å². The molecule has 2 fully saturated rings. The van der Waals surface area contributed by atoms with Gasteiger partial charge in [-0.25, -0.2) is 4.79 Å². The summed E-state index contributed by atoms with van der Waals surface area (Å²) in [6, 6.07) is 5.43. The lowest BCUT2D eigenvalue weighted by Gasteiger charge is -2.42. The predicted octanol–water partition coefficient (Wildman–Crippen LogP) is 2.79. The highest BCUT2D eigenvalue weighted by Crippen LogP contribution is 2.42. The zero-order valence-electron chi connectivity index (χ0n) is 16.6. The third kappa shape index (κ3) is 3.68. The molecule has 1 spiro atoms. The van der Waals surface area contributed by atoms with Crippen molar-refractivity contribution in [1.29, 1.82) is 0 Å². The summed E-state index contributed by atoms with van der Waals surface area (Å²) in [5.41, 5.74) is 1.33. The number of ether oxygens (including phenoxy) is 1. The van der Waals surface area contributed by atoms with E-state index in [4.69, 9.17) is 4.74 Å². The Morgan fingerprint density at radius 2 is 1.78 bits per heavy atom. The highest BCUT2D eigenvalue weighted by atomic mass is 16.5. The van der Waals surface area contributed by atoms with Gasteiger partial charge in [-0.3, -0.25) is 9.69 Å². The number of urea groups is 1. The van der Waals surface area contributed by atoms with Gasteiger partial charge >= 0.3 is 6.03 Å². The first-order chi connectivity index (χ1) is 12.7. The molecule has 2 aliphatic rings. The third-order valence-electron chi connectivity index (χ3n) is 6.02. The highest BCUT2D eigenvalue weighted by molar-refractivity contribution is 6.07. The quantitative estimate of drug-likeness (QED) is 0.777. The van der Waals surface area contributed by atoms with Gasteiger partial charge in [-0.1, -0.05) is 26.3 Å². The van der Waals surface area contributed by atoms with E-state index in [0.29, 0.717) is 5.75 Å². The van der Waals surface area contributed by atoms with E-state index in [1.807, 2.05) is 45.9 Å². The van der Waals surface area contributed by atoms with Gasteiger partial charge in [-0.05, 0) is 61.8 Å². The molecule has 27 heavy (non-hydrogen) atoms. The minimum absolute atomic E-state index is 0.0259. The summed E-state index contributed by atoms with van der Waals surface area (Å²) in [4.78, 5) is 26.8. The van der Waals surface area contributed by atoms with E-state index in [1.165, 1.54) is 0 Å². The van der Waals surface area contributed by atoms with Crippen molar-refractivity contribution >= 4 is 11.9 Å². The van der Waals surface area contributed by atoms with Crippen LogP contribution in [0.1, 0.15) is 44.2 Å². The van der Waals surface area contributed by atoms with Crippen molar-refractivity contribution in [3.05, 3.63) is 29.3 Å².